The molecule has 2 saturated carbocycles. The Hall–Kier alpha value is -2.29. The van der Waals surface area contributed by atoms with Crippen LogP contribution in [0.25, 0.3) is 0 Å². The largest absolute Gasteiger partial charge is 0.352 e. The van der Waals surface area contributed by atoms with E-state index in [2.05, 4.69) is 10.6 Å². The van der Waals surface area contributed by atoms with Gasteiger partial charge in [0, 0.05) is 28.6 Å². The number of nitrogens with zero attached hydrogens (tertiary/aromatic N) is 1. The zero-order valence-electron chi connectivity index (χ0n) is 18.3. The number of carbonyl (C=O) groups excluding carboxylic acids is 3. The van der Waals surface area contributed by atoms with Crippen molar-refractivity contribution in [2.45, 2.75) is 69.9 Å². The molecule has 0 aliphatic heterocycles. The highest BCUT2D eigenvalue weighted by atomic mass is 32.2. The summed E-state index contributed by atoms with van der Waals surface area (Å²) in [5.41, 5.74) is 0.396. The lowest BCUT2D eigenvalue weighted by Crippen LogP contribution is -2.50. The molecular weight excluding hydrogens is 433 g/mol. The van der Waals surface area contributed by atoms with E-state index in [1.54, 1.807) is 4.90 Å². The Morgan fingerprint density at radius 1 is 0.906 bits per heavy atom. The smallest absolute Gasteiger partial charge is 0.239 e. The molecule has 176 valence electrons. The maximum atomic E-state index is 13.0. The Labute approximate surface area is 191 Å². The first kappa shape index (κ1) is 24.4. The highest BCUT2D eigenvalue weighted by molar-refractivity contribution is 7.86. The van der Waals surface area contributed by atoms with Gasteiger partial charge in [-0.1, -0.05) is 32.1 Å². The Kier molecular flexibility index (Phi) is 9.20. The van der Waals surface area contributed by atoms with Gasteiger partial charge in [0.2, 0.25) is 17.7 Å². The fourth-order valence-electron chi connectivity index (χ4n) is 4.46. The molecule has 2 N–H and O–H groups in total. The number of benzene rings is 1. The van der Waals surface area contributed by atoms with E-state index < -0.39 is 22.5 Å². The first-order chi connectivity index (χ1) is 15.4. The van der Waals surface area contributed by atoms with Crippen LogP contribution in [0, 0.1) is 5.82 Å². The van der Waals surface area contributed by atoms with Crippen LogP contribution in [0.3, 0.4) is 0 Å². The van der Waals surface area contributed by atoms with Crippen LogP contribution in [-0.2, 0) is 25.2 Å². The summed E-state index contributed by atoms with van der Waals surface area (Å²) in [5, 5.41) is 5.57. The van der Waals surface area contributed by atoms with Crippen LogP contribution < -0.4 is 10.6 Å². The number of rotatable bonds is 9. The number of halogens is 1. The van der Waals surface area contributed by atoms with Crippen molar-refractivity contribution in [1.82, 2.24) is 10.2 Å². The van der Waals surface area contributed by atoms with Crippen molar-refractivity contribution in [3.05, 3.63) is 30.1 Å². The van der Waals surface area contributed by atoms with Crippen LogP contribution in [0.4, 0.5) is 10.1 Å². The van der Waals surface area contributed by atoms with E-state index in [1.165, 1.54) is 24.3 Å². The van der Waals surface area contributed by atoms with Crippen molar-refractivity contribution in [2.75, 3.05) is 23.4 Å². The van der Waals surface area contributed by atoms with Gasteiger partial charge >= 0.3 is 0 Å². The molecular formula is C23H32FN3O4S. The molecule has 0 saturated heterocycles. The maximum absolute atomic E-state index is 13.0. The Morgan fingerprint density at radius 3 is 2.19 bits per heavy atom. The number of carbonyl (C=O) groups is 3. The van der Waals surface area contributed by atoms with E-state index in [1.807, 2.05) is 0 Å². The number of hydrogen-bond acceptors (Lipinski definition) is 4. The minimum Gasteiger partial charge on any atom is -0.352 e. The maximum Gasteiger partial charge on any atom is 0.239 e. The summed E-state index contributed by atoms with van der Waals surface area (Å²) in [6.45, 7) is -0.0288. The van der Waals surface area contributed by atoms with Crippen LogP contribution in [0.15, 0.2) is 24.3 Å². The summed E-state index contributed by atoms with van der Waals surface area (Å²) in [5.74, 6) is -2.09. The van der Waals surface area contributed by atoms with E-state index in [-0.39, 0.29) is 41.9 Å². The predicted octanol–water partition coefficient (Wildman–Crippen LogP) is 2.73. The van der Waals surface area contributed by atoms with Crippen LogP contribution >= 0.6 is 0 Å². The lowest BCUT2D eigenvalue weighted by Gasteiger charge is -2.34. The van der Waals surface area contributed by atoms with E-state index >= 15 is 0 Å². The molecule has 0 radical (unpaired) electrons. The minimum absolute atomic E-state index is 0.0288. The van der Waals surface area contributed by atoms with Crippen LogP contribution in [0.2, 0.25) is 0 Å². The third-order valence-electron chi connectivity index (χ3n) is 6.07. The lowest BCUT2D eigenvalue weighted by molar-refractivity contribution is -0.137. The second-order valence-corrected chi connectivity index (χ2v) is 10.1. The third-order valence-corrected chi connectivity index (χ3v) is 7.23. The highest BCUT2D eigenvalue weighted by Gasteiger charge is 2.29. The number of anilines is 1. The zero-order chi connectivity index (χ0) is 22.9. The van der Waals surface area contributed by atoms with Gasteiger partial charge in [0.25, 0.3) is 0 Å². The van der Waals surface area contributed by atoms with Crippen LogP contribution in [-0.4, -0.2) is 57.0 Å². The van der Waals surface area contributed by atoms with Gasteiger partial charge in [-0.05, 0) is 49.9 Å². The lowest BCUT2D eigenvalue weighted by atomic mass is 9.94. The van der Waals surface area contributed by atoms with E-state index in [9.17, 15) is 23.0 Å². The molecule has 0 bridgehead atoms. The number of hydrogen-bond donors (Lipinski definition) is 2. The van der Waals surface area contributed by atoms with Gasteiger partial charge in [-0.2, -0.15) is 0 Å². The Bertz CT molecular complexity index is 821. The molecule has 3 rings (SSSR count). The van der Waals surface area contributed by atoms with Crippen LogP contribution in [0.1, 0.15) is 57.8 Å². The summed E-state index contributed by atoms with van der Waals surface area (Å²) in [6, 6.07) is 5.40. The third kappa shape index (κ3) is 7.69. The first-order valence-electron chi connectivity index (χ1n) is 11.4. The van der Waals surface area contributed by atoms with Gasteiger partial charge in [-0.25, -0.2) is 4.39 Å². The van der Waals surface area contributed by atoms with Crippen molar-refractivity contribution in [1.29, 1.82) is 0 Å². The molecule has 0 unspecified atom stereocenters. The van der Waals surface area contributed by atoms with Crippen LogP contribution in [0.5, 0.6) is 0 Å². The second-order valence-electron chi connectivity index (χ2n) is 8.65. The normalized spacial score (nSPS) is 18.2. The quantitative estimate of drug-likeness (QED) is 0.586. The fraction of sp³-hybridized carbons (Fsp3) is 0.609. The Balaban J connectivity index is 1.54. The molecule has 1 aromatic rings. The van der Waals surface area contributed by atoms with E-state index in [0.29, 0.717) is 5.69 Å². The minimum atomic E-state index is -1.71. The topological polar surface area (TPSA) is 95.6 Å². The standard InChI is InChI=1S/C23H32FN3O4S/c24-17-10-12-19(13-11-17)26-22(29)15-32(31)16-23(30)27(20-8-2-1-3-9-20)14-21(28)25-18-6-4-5-7-18/h10-13,18,20H,1-9,14-16H2,(H,25,28)(H,26,29)/t32-/m0/s1. The molecule has 7 nitrogen and oxygen atoms in total. The SMILES string of the molecule is O=C(C[S@](=O)CC(=O)N(CC(=O)NC1CCCC1)C1CCCCC1)Nc1ccc(F)cc1. The Morgan fingerprint density at radius 2 is 1.53 bits per heavy atom. The molecule has 2 aliphatic rings. The second kappa shape index (κ2) is 12.1. The average molecular weight is 466 g/mol. The van der Waals surface area contributed by atoms with Crippen molar-refractivity contribution in [3.63, 3.8) is 0 Å². The van der Waals surface area contributed by atoms with E-state index in [4.69, 9.17) is 0 Å². The van der Waals surface area contributed by atoms with Gasteiger partial charge < -0.3 is 15.5 Å². The van der Waals surface area contributed by atoms with Crippen molar-refractivity contribution in [3.8, 4) is 0 Å². The molecule has 1 atom stereocenters. The summed E-state index contributed by atoms with van der Waals surface area (Å²) < 4.78 is 25.5. The average Bonchev–Trinajstić information content (AvgIpc) is 3.27. The molecule has 0 heterocycles. The molecule has 32 heavy (non-hydrogen) atoms. The van der Waals surface area contributed by atoms with Gasteiger partial charge in [0.15, 0.2) is 0 Å². The van der Waals surface area contributed by atoms with Crippen molar-refractivity contribution < 1.29 is 23.0 Å². The van der Waals surface area contributed by atoms with Gasteiger partial charge in [-0.15, -0.1) is 0 Å². The fourth-order valence-corrected chi connectivity index (χ4v) is 5.37. The molecule has 3 amide bonds. The number of nitrogens with one attached hydrogen (secondary N) is 2. The van der Waals surface area contributed by atoms with Crippen molar-refractivity contribution in [2.24, 2.45) is 0 Å². The molecule has 2 aliphatic carbocycles. The molecule has 9 heteroatoms. The summed E-state index contributed by atoms with van der Waals surface area (Å²) in [6.07, 6.45) is 8.93. The molecule has 0 aromatic heterocycles. The monoisotopic (exact) mass is 465 g/mol. The van der Waals surface area contributed by atoms with Gasteiger partial charge in [0.05, 0.1) is 6.54 Å². The first-order valence-corrected chi connectivity index (χ1v) is 12.9. The number of amides is 3. The zero-order valence-corrected chi connectivity index (χ0v) is 19.1. The van der Waals surface area contributed by atoms with Crippen molar-refractivity contribution >= 4 is 34.2 Å². The predicted molar refractivity (Wildman–Crippen MR) is 122 cm³/mol. The molecule has 1 aromatic carbocycles. The van der Waals surface area contributed by atoms with Gasteiger partial charge in [-0.3, -0.25) is 18.6 Å². The summed E-state index contributed by atoms with van der Waals surface area (Å²) in [7, 11) is -1.71. The molecule has 0 spiro atoms. The highest BCUT2D eigenvalue weighted by Crippen LogP contribution is 2.23. The molecule has 2 fully saturated rings. The van der Waals surface area contributed by atoms with E-state index in [0.717, 1.165) is 57.8 Å². The summed E-state index contributed by atoms with van der Waals surface area (Å²) >= 11 is 0. The van der Waals surface area contributed by atoms with Gasteiger partial charge in [0.1, 0.15) is 17.3 Å². The summed E-state index contributed by atoms with van der Waals surface area (Å²) in [4.78, 5) is 39.3.